The topological polar surface area (TPSA) is 112 Å². The first-order chi connectivity index (χ1) is 18.6. The third-order valence-corrected chi connectivity index (χ3v) is 8.08. The third kappa shape index (κ3) is 3.95. The molecule has 9 heteroatoms. The number of amides is 1. The maximum atomic E-state index is 11.7. The third-order valence-electron chi connectivity index (χ3n) is 8.08. The fourth-order valence-electron chi connectivity index (χ4n) is 5.92. The van der Waals surface area contributed by atoms with Gasteiger partial charge in [-0.1, -0.05) is 0 Å². The molecule has 2 aliphatic heterocycles. The number of piperidine rings is 1. The minimum atomic E-state index is -0.147. The van der Waals surface area contributed by atoms with Crippen LogP contribution in [0.15, 0.2) is 61.1 Å². The van der Waals surface area contributed by atoms with Gasteiger partial charge in [0.15, 0.2) is 0 Å². The first kappa shape index (κ1) is 22.8. The molecule has 6 heterocycles. The van der Waals surface area contributed by atoms with Gasteiger partial charge in [0.1, 0.15) is 29.0 Å². The van der Waals surface area contributed by atoms with E-state index in [-0.39, 0.29) is 17.6 Å². The lowest BCUT2D eigenvalue weighted by Gasteiger charge is -2.39. The molecule has 0 radical (unpaired) electrons. The van der Waals surface area contributed by atoms with Gasteiger partial charge >= 0.3 is 0 Å². The summed E-state index contributed by atoms with van der Waals surface area (Å²) in [6, 6.07) is 14.2. The van der Waals surface area contributed by atoms with Gasteiger partial charge in [0.25, 0.3) is 0 Å². The highest BCUT2D eigenvalue weighted by Gasteiger charge is 2.40. The molecule has 0 aliphatic carbocycles. The Balaban J connectivity index is 1.09. The van der Waals surface area contributed by atoms with Gasteiger partial charge in [0, 0.05) is 65.5 Å². The van der Waals surface area contributed by atoms with Gasteiger partial charge in [-0.05, 0) is 68.7 Å². The Morgan fingerprint density at radius 2 is 1.92 bits per heavy atom. The second-order valence-electron chi connectivity index (χ2n) is 10.4. The number of aromatic amines is 2. The van der Waals surface area contributed by atoms with E-state index < -0.39 is 0 Å². The Bertz CT molecular complexity index is 1630. The van der Waals surface area contributed by atoms with Crippen molar-refractivity contribution in [3.05, 3.63) is 66.6 Å². The van der Waals surface area contributed by atoms with Gasteiger partial charge in [0.2, 0.25) is 5.91 Å². The zero-order chi connectivity index (χ0) is 25.7. The Morgan fingerprint density at radius 3 is 2.71 bits per heavy atom. The van der Waals surface area contributed by atoms with Crippen molar-refractivity contribution in [1.82, 2.24) is 30.5 Å². The van der Waals surface area contributed by atoms with Gasteiger partial charge in [0.05, 0.1) is 5.52 Å². The van der Waals surface area contributed by atoms with Crippen LogP contribution < -0.4 is 15.0 Å². The largest absolute Gasteiger partial charge is 0.486 e. The minimum absolute atomic E-state index is 0.0101. The molecule has 2 saturated heterocycles. The van der Waals surface area contributed by atoms with E-state index in [2.05, 4.69) is 42.5 Å². The fourth-order valence-corrected chi connectivity index (χ4v) is 5.92. The molecular formula is C29H29N7O2. The number of hydrogen-bond acceptors (Lipinski definition) is 6. The zero-order valence-electron chi connectivity index (χ0n) is 21.2. The SMILES string of the molecule is CC(Oc1ccc2[nH]nc(-c3ccc(N4CCC5(CCC(=O)N5)CC4)nc3)c2c1)c1ccnc2[nH]ccc12. The summed E-state index contributed by atoms with van der Waals surface area (Å²) in [5, 5.41) is 13.0. The van der Waals surface area contributed by atoms with E-state index in [1.54, 1.807) is 6.20 Å². The van der Waals surface area contributed by atoms with Crippen molar-refractivity contribution >= 4 is 33.7 Å². The summed E-state index contributed by atoms with van der Waals surface area (Å²) >= 11 is 0. The fraction of sp³-hybridized carbons (Fsp3) is 0.310. The molecule has 1 atom stereocenters. The van der Waals surface area contributed by atoms with Gasteiger partial charge < -0.3 is 19.9 Å². The molecule has 4 aromatic heterocycles. The predicted molar refractivity (Wildman–Crippen MR) is 146 cm³/mol. The van der Waals surface area contributed by atoms with Crippen molar-refractivity contribution in [3.63, 3.8) is 0 Å². The maximum Gasteiger partial charge on any atom is 0.220 e. The van der Waals surface area contributed by atoms with Crippen LogP contribution in [0.4, 0.5) is 5.82 Å². The van der Waals surface area contributed by atoms with Crippen LogP contribution in [0.1, 0.15) is 44.3 Å². The molecule has 1 aromatic carbocycles. The van der Waals surface area contributed by atoms with Crippen LogP contribution in [0.2, 0.25) is 0 Å². The average molecular weight is 508 g/mol. The molecule has 38 heavy (non-hydrogen) atoms. The van der Waals surface area contributed by atoms with E-state index in [1.807, 2.05) is 49.6 Å². The van der Waals surface area contributed by atoms with Crippen molar-refractivity contribution < 1.29 is 9.53 Å². The lowest BCUT2D eigenvalue weighted by molar-refractivity contribution is -0.119. The van der Waals surface area contributed by atoms with Gasteiger partial charge in [-0.2, -0.15) is 5.10 Å². The van der Waals surface area contributed by atoms with Gasteiger partial charge in [-0.15, -0.1) is 0 Å². The molecule has 2 fully saturated rings. The zero-order valence-corrected chi connectivity index (χ0v) is 21.2. The summed E-state index contributed by atoms with van der Waals surface area (Å²) in [6.07, 6.45) is 8.96. The summed E-state index contributed by atoms with van der Waals surface area (Å²) in [4.78, 5) is 26.3. The number of H-pyrrole nitrogens is 2. The summed E-state index contributed by atoms with van der Waals surface area (Å²) in [6.45, 7) is 3.83. The molecule has 9 nitrogen and oxygen atoms in total. The molecule has 1 spiro atoms. The van der Waals surface area contributed by atoms with E-state index in [4.69, 9.17) is 9.72 Å². The molecular weight excluding hydrogens is 478 g/mol. The van der Waals surface area contributed by atoms with E-state index in [1.165, 1.54) is 0 Å². The lowest BCUT2D eigenvalue weighted by atomic mass is 9.86. The molecule has 1 amide bonds. The van der Waals surface area contributed by atoms with Gasteiger partial charge in [-0.25, -0.2) is 9.97 Å². The Hall–Kier alpha value is -4.40. The minimum Gasteiger partial charge on any atom is -0.486 e. The summed E-state index contributed by atoms with van der Waals surface area (Å²) < 4.78 is 6.36. The number of ether oxygens (including phenoxy) is 1. The van der Waals surface area contributed by atoms with Crippen LogP contribution in [0.25, 0.3) is 33.2 Å². The quantitative estimate of drug-likeness (QED) is 0.312. The van der Waals surface area contributed by atoms with Crippen LogP contribution in [0.5, 0.6) is 5.75 Å². The van der Waals surface area contributed by atoms with E-state index >= 15 is 0 Å². The van der Waals surface area contributed by atoms with E-state index in [9.17, 15) is 4.79 Å². The smallest absolute Gasteiger partial charge is 0.220 e. The highest BCUT2D eigenvalue weighted by atomic mass is 16.5. The molecule has 3 N–H and O–H groups in total. The molecule has 2 aliphatic rings. The van der Waals surface area contributed by atoms with E-state index in [0.29, 0.717) is 6.42 Å². The molecule has 192 valence electrons. The van der Waals surface area contributed by atoms with Crippen molar-refractivity contribution in [1.29, 1.82) is 0 Å². The number of benzene rings is 1. The highest BCUT2D eigenvalue weighted by Crippen LogP contribution is 2.35. The second kappa shape index (κ2) is 8.86. The van der Waals surface area contributed by atoms with Crippen molar-refractivity contribution in [2.75, 3.05) is 18.0 Å². The second-order valence-corrected chi connectivity index (χ2v) is 10.4. The number of aromatic nitrogens is 5. The first-order valence-electron chi connectivity index (χ1n) is 13.2. The van der Waals surface area contributed by atoms with Crippen LogP contribution >= 0.6 is 0 Å². The standard InChI is InChI=1S/C29H29N7O2/c1-18(21-7-12-30-28-22(21)8-13-31-28)38-20-3-4-24-23(16-20)27(35-34-24)19-2-5-25(32-17-19)36-14-10-29(11-15-36)9-6-26(37)33-29/h2-5,7-8,12-13,16-18H,6,9-11,14-15H2,1H3,(H,30,31)(H,33,37)(H,34,35). The number of carbonyl (C=O) groups excluding carboxylic acids is 1. The molecule has 0 saturated carbocycles. The Labute approximate surface area is 219 Å². The Kier molecular flexibility index (Phi) is 5.31. The molecule has 0 bridgehead atoms. The average Bonchev–Trinajstić information content (AvgIpc) is 3.68. The number of fused-ring (bicyclic) bond motifs is 2. The summed E-state index contributed by atoms with van der Waals surface area (Å²) in [5.41, 5.74) is 4.67. The Morgan fingerprint density at radius 1 is 1.03 bits per heavy atom. The normalized spacial score (nSPS) is 17.8. The highest BCUT2D eigenvalue weighted by molar-refractivity contribution is 5.93. The monoisotopic (exact) mass is 507 g/mol. The predicted octanol–water partition coefficient (Wildman–Crippen LogP) is 4.89. The first-order valence-corrected chi connectivity index (χ1v) is 13.2. The van der Waals surface area contributed by atoms with E-state index in [0.717, 1.165) is 82.7 Å². The summed E-state index contributed by atoms with van der Waals surface area (Å²) in [5.74, 6) is 1.92. The molecule has 1 unspecified atom stereocenters. The number of hydrogen-bond donors (Lipinski definition) is 3. The van der Waals surface area contributed by atoms with Gasteiger partial charge in [-0.3, -0.25) is 9.89 Å². The van der Waals surface area contributed by atoms with Crippen LogP contribution in [0, 0.1) is 0 Å². The van der Waals surface area contributed by atoms with Crippen LogP contribution in [-0.4, -0.2) is 49.7 Å². The number of anilines is 1. The number of rotatable bonds is 5. The van der Waals surface area contributed by atoms with Crippen molar-refractivity contribution in [3.8, 4) is 17.0 Å². The number of pyridine rings is 2. The molecule has 5 aromatic rings. The van der Waals surface area contributed by atoms with Crippen molar-refractivity contribution in [2.24, 2.45) is 0 Å². The molecule has 7 rings (SSSR count). The van der Waals surface area contributed by atoms with Crippen LogP contribution in [-0.2, 0) is 4.79 Å². The summed E-state index contributed by atoms with van der Waals surface area (Å²) in [7, 11) is 0. The lowest BCUT2D eigenvalue weighted by Crippen LogP contribution is -2.51. The number of nitrogens with one attached hydrogen (secondary N) is 3. The van der Waals surface area contributed by atoms with Crippen molar-refractivity contribution in [2.45, 2.75) is 44.2 Å². The number of carbonyl (C=O) groups is 1. The maximum absolute atomic E-state index is 11.7. The number of nitrogens with zero attached hydrogens (tertiary/aromatic N) is 4. The van der Waals surface area contributed by atoms with Crippen LogP contribution in [0.3, 0.4) is 0 Å².